The number of aromatic hydroxyl groups is 1. The molecule has 7 heteroatoms. The third-order valence-electron chi connectivity index (χ3n) is 7.17. The Kier molecular flexibility index (Phi) is 8.43. The molecule has 37 heavy (non-hydrogen) atoms. The Morgan fingerprint density at radius 2 is 1.54 bits per heavy atom. The van der Waals surface area contributed by atoms with Crippen molar-refractivity contribution in [1.29, 1.82) is 0 Å². The Hall–Kier alpha value is -2.86. The second kappa shape index (κ2) is 10.9. The van der Waals surface area contributed by atoms with E-state index in [0.717, 1.165) is 29.5 Å². The van der Waals surface area contributed by atoms with Crippen LogP contribution in [0.25, 0.3) is 0 Å². The van der Waals surface area contributed by atoms with E-state index in [1.54, 1.807) is 12.1 Å². The number of carboxylic acid groups (broad SMARTS) is 1. The Morgan fingerprint density at radius 1 is 1.00 bits per heavy atom. The maximum Gasteiger partial charge on any atom is 0.335 e. The molecule has 1 saturated heterocycles. The average Bonchev–Trinajstić information content (AvgIpc) is 3.14. The van der Waals surface area contributed by atoms with Crippen LogP contribution in [0.15, 0.2) is 40.9 Å². The predicted octanol–water partition coefficient (Wildman–Crippen LogP) is 6.94. The maximum absolute atomic E-state index is 13.7. The van der Waals surface area contributed by atoms with E-state index in [1.807, 2.05) is 70.7 Å². The van der Waals surface area contributed by atoms with E-state index >= 15 is 0 Å². The van der Waals surface area contributed by atoms with Gasteiger partial charge >= 0.3 is 5.97 Å². The van der Waals surface area contributed by atoms with Crippen molar-refractivity contribution < 1.29 is 19.8 Å². The molecule has 0 spiro atoms. The van der Waals surface area contributed by atoms with E-state index < -0.39 is 5.97 Å². The van der Waals surface area contributed by atoms with Crippen LogP contribution in [-0.4, -0.2) is 45.8 Å². The quantitative estimate of drug-likeness (QED) is 0.381. The minimum atomic E-state index is -0.973. The van der Waals surface area contributed by atoms with E-state index in [1.165, 1.54) is 0 Å². The molecule has 0 aromatic heterocycles. The van der Waals surface area contributed by atoms with Crippen molar-refractivity contribution in [2.45, 2.75) is 78.1 Å². The maximum atomic E-state index is 13.7. The first kappa shape index (κ1) is 28.7. The first-order valence-electron chi connectivity index (χ1n) is 12.9. The lowest BCUT2D eigenvalue weighted by molar-refractivity contribution is 0.0696. The SMILES string of the molecule is CCC[C@H]1CN(CC(=O)c2cc(C(C)(C)C)c(O)c(C(C)(C)C)c2)/C(=N\Cl)[C@@H]1c1ccc(C(=O)O)cc1. The van der Waals surface area contributed by atoms with Crippen molar-refractivity contribution in [2.24, 2.45) is 10.4 Å². The molecule has 0 bridgehead atoms. The normalized spacial score (nSPS) is 19.5. The first-order valence-corrected chi connectivity index (χ1v) is 13.2. The highest BCUT2D eigenvalue weighted by molar-refractivity contribution is 6.21. The number of rotatable bonds is 7. The van der Waals surface area contributed by atoms with E-state index in [0.29, 0.717) is 17.9 Å². The largest absolute Gasteiger partial charge is 0.507 e. The van der Waals surface area contributed by atoms with Crippen molar-refractivity contribution in [3.8, 4) is 5.75 Å². The van der Waals surface area contributed by atoms with Crippen molar-refractivity contribution in [1.82, 2.24) is 4.90 Å². The number of hydrogen-bond donors (Lipinski definition) is 2. The number of amidine groups is 1. The predicted molar refractivity (Wildman–Crippen MR) is 149 cm³/mol. The highest BCUT2D eigenvalue weighted by Crippen LogP contribution is 2.41. The molecule has 1 heterocycles. The standard InChI is InChI=1S/C30H39ClN2O4/c1-8-9-20-16-33(27(32-31)25(20)18-10-12-19(13-11-18)28(36)37)17-24(34)21-14-22(29(2,3)4)26(35)23(15-21)30(5,6)7/h10-15,20,25,35H,8-9,16-17H2,1-7H3,(H,36,37)/b32-27-/t20-,25+/m0/s1. The van der Waals surface area contributed by atoms with Gasteiger partial charge in [-0.25, -0.2) is 4.79 Å². The van der Waals surface area contributed by atoms with Crippen molar-refractivity contribution in [3.05, 3.63) is 64.2 Å². The number of benzene rings is 2. The van der Waals surface area contributed by atoms with Gasteiger partial charge in [0.1, 0.15) is 11.6 Å². The van der Waals surface area contributed by atoms with Crippen LogP contribution in [0.3, 0.4) is 0 Å². The Labute approximate surface area is 225 Å². The molecule has 1 aliphatic heterocycles. The molecule has 0 saturated carbocycles. The first-order chi connectivity index (χ1) is 17.2. The van der Waals surface area contributed by atoms with Crippen LogP contribution in [0, 0.1) is 5.92 Å². The van der Waals surface area contributed by atoms with Crippen LogP contribution in [0.5, 0.6) is 5.75 Å². The summed E-state index contributed by atoms with van der Waals surface area (Å²) in [7, 11) is 0. The van der Waals surface area contributed by atoms with Gasteiger partial charge < -0.3 is 15.1 Å². The van der Waals surface area contributed by atoms with Crippen LogP contribution in [0.2, 0.25) is 0 Å². The van der Waals surface area contributed by atoms with E-state index in [2.05, 4.69) is 11.4 Å². The molecule has 2 atom stereocenters. The summed E-state index contributed by atoms with van der Waals surface area (Å²) in [4.78, 5) is 26.9. The van der Waals surface area contributed by atoms with Gasteiger partial charge in [0.25, 0.3) is 0 Å². The van der Waals surface area contributed by atoms with Gasteiger partial charge in [-0.05, 0) is 53.0 Å². The zero-order valence-electron chi connectivity index (χ0n) is 22.9. The van der Waals surface area contributed by atoms with E-state index in [-0.39, 0.29) is 46.3 Å². The Morgan fingerprint density at radius 3 is 1.97 bits per heavy atom. The summed E-state index contributed by atoms with van der Waals surface area (Å²) in [6.07, 6.45) is 1.89. The second-order valence-electron chi connectivity index (χ2n) is 12.1. The summed E-state index contributed by atoms with van der Waals surface area (Å²) in [6.45, 7) is 15.0. The fraction of sp³-hybridized carbons (Fsp3) is 0.500. The van der Waals surface area contributed by atoms with Crippen LogP contribution in [0.4, 0.5) is 0 Å². The van der Waals surface area contributed by atoms with Gasteiger partial charge in [0, 0.05) is 40.9 Å². The van der Waals surface area contributed by atoms with Crippen LogP contribution < -0.4 is 0 Å². The number of carbonyl (C=O) groups is 2. The van der Waals surface area contributed by atoms with Gasteiger partial charge in [-0.3, -0.25) is 4.79 Å². The molecule has 1 fully saturated rings. The second-order valence-corrected chi connectivity index (χ2v) is 12.3. The van der Waals surface area contributed by atoms with Crippen LogP contribution in [-0.2, 0) is 10.8 Å². The van der Waals surface area contributed by atoms with Crippen LogP contribution in [0.1, 0.15) is 105 Å². The number of carbonyl (C=O) groups excluding carboxylic acids is 1. The van der Waals surface area contributed by atoms with Crippen molar-refractivity contribution in [2.75, 3.05) is 13.1 Å². The molecular formula is C30H39ClN2O4. The smallest absolute Gasteiger partial charge is 0.335 e. The summed E-state index contributed by atoms with van der Waals surface area (Å²) < 4.78 is 4.10. The average molecular weight is 527 g/mol. The molecule has 0 unspecified atom stereocenters. The minimum Gasteiger partial charge on any atom is -0.507 e. The monoisotopic (exact) mass is 526 g/mol. The number of ketones is 1. The Balaban J connectivity index is 1.97. The molecule has 0 aliphatic carbocycles. The molecule has 2 aromatic rings. The Bertz CT molecular complexity index is 1150. The topological polar surface area (TPSA) is 90.2 Å². The minimum absolute atomic E-state index is 0.0639. The number of phenolic OH excluding ortho intramolecular Hbond substituents is 1. The molecule has 0 radical (unpaired) electrons. The molecule has 0 amide bonds. The van der Waals surface area contributed by atoms with Gasteiger partial charge in [-0.1, -0.05) is 67.0 Å². The van der Waals surface area contributed by atoms with Crippen LogP contribution >= 0.6 is 11.8 Å². The lowest BCUT2D eigenvalue weighted by atomic mass is 9.78. The van der Waals surface area contributed by atoms with Gasteiger partial charge in [0.15, 0.2) is 5.78 Å². The third kappa shape index (κ3) is 6.18. The molecular weight excluding hydrogens is 488 g/mol. The number of aromatic carboxylic acids is 1. The summed E-state index contributed by atoms with van der Waals surface area (Å²) in [5.41, 5.74) is 2.54. The fourth-order valence-electron chi connectivity index (χ4n) is 5.23. The molecule has 2 aromatic carbocycles. The number of likely N-dealkylation sites (tertiary alicyclic amines) is 1. The molecule has 2 N–H and O–H groups in total. The van der Waals surface area contributed by atoms with Crippen molar-refractivity contribution in [3.63, 3.8) is 0 Å². The molecule has 1 aliphatic rings. The molecule has 3 rings (SSSR count). The van der Waals surface area contributed by atoms with Gasteiger partial charge in [-0.2, -0.15) is 4.51 Å². The number of Topliss-reactive ketones (excluding diaryl/α,β-unsaturated/α-hetero) is 1. The molecule has 200 valence electrons. The lowest BCUT2D eigenvalue weighted by Crippen LogP contribution is -2.32. The third-order valence-corrected chi connectivity index (χ3v) is 7.35. The summed E-state index contributed by atoms with van der Waals surface area (Å²) >= 11 is 6.12. The van der Waals surface area contributed by atoms with E-state index in [4.69, 9.17) is 11.8 Å². The van der Waals surface area contributed by atoms with Gasteiger partial charge in [0.05, 0.1) is 12.1 Å². The highest BCUT2D eigenvalue weighted by atomic mass is 35.5. The number of hydrogen-bond acceptors (Lipinski definition) is 4. The number of phenols is 1. The highest BCUT2D eigenvalue weighted by Gasteiger charge is 2.40. The van der Waals surface area contributed by atoms with Crippen molar-refractivity contribution >= 4 is 29.4 Å². The zero-order valence-corrected chi connectivity index (χ0v) is 23.7. The van der Waals surface area contributed by atoms with Gasteiger partial charge in [-0.15, -0.1) is 0 Å². The van der Waals surface area contributed by atoms with Gasteiger partial charge in [0.2, 0.25) is 0 Å². The summed E-state index contributed by atoms with van der Waals surface area (Å²) in [5.74, 6) is -0.0918. The van der Waals surface area contributed by atoms with E-state index in [9.17, 15) is 19.8 Å². The number of carboxylic acids is 1. The fourth-order valence-corrected chi connectivity index (χ4v) is 5.44. The number of nitrogens with zero attached hydrogens (tertiary/aromatic N) is 2. The summed E-state index contributed by atoms with van der Waals surface area (Å²) in [5, 5.41) is 20.3. The summed E-state index contributed by atoms with van der Waals surface area (Å²) in [6, 6.07) is 10.4. The lowest BCUT2D eigenvalue weighted by Gasteiger charge is -2.28. The number of halogens is 1. The zero-order chi connectivity index (χ0) is 27.7. The molecule has 6 nitrogen and oxygen atoms in total.